The van der Waals surface area contributed by atoms with Crippen LogP contribution in [-0.2, 0) is 0 Å². The van der Waals surface area contributed by atoms with Crippen LogP contribution in [0, 0.1) is 5.82 Å². The molecule has 1 aliphatic rings. The van der Waals surface area contributed by atoms with Gasteiger partial charge in [-0.3, -0.25) is 4.79 Å². The number of hydrogen-bond donors (Lipinski definition) is 1. The van der Waals surface area contributed by atoms with Crippen LogP contribution in [0.3, 0.4) is 0 Å². The summed E-state index contributed by atoms with van der Waals surface area (Å²) in [6, 6.07) is 4.58. The van der Waals surface area contributed by atoms with Gasteiger partial charge >= 0.3 is 0 Å². The molecule has 0 unspecified atom stereocenters. The Kier molecular flexibility index (Phi) is 6.18. The van der Waals surface area contributed by atoms with Crippen molar-refractivity contribution in [2.24, 2.45) is 0 Å². The molecule has 0 saturated carbocycles. The lowest BCUT2D eigenvalue weighted by molar-refractivity contribution is 0.0906. The molecule has 1 N–H and O–H groups in total. The highest BCUT2D eigenvalue weighted by molar-refractivity contribution is 9.10. The topological polar surface area (TPSA) is 32.3 Å². The smallest absolute Gasteiger partial charge is 0.254 e. The molecule has 2 rings (SSSR count). The first-order valence-corrected chi connectivity index (χ1v) is 8.37. The van der Waals surface area contributed by atoms with Crippen molar-refractivity contribution in [1.29, 1.82) is 0 Å². The normalized spacial score (nSPS) is 16.9. The van der Waals surface area contributed by atoms with Crippen molar-refractivity contribution < 1.29 is 9.18 Å². The molecule has 1 aromatic carbocycles. The molecule has 3 nitrogen and oxygen atoms in total. The van der Waals surface area contributed by atoms with E-state index < -0.39 is 5.82 Å². The maximum Gasteiger partial charge on any atom is 0.254 e. The summed E-state index contributed by atoms with van der Waals surface area (Å²) in [6.45, 7) is 5.34. The van der Waals surface area contributed by atoms with E-state index in [-0.39, 0.29) is 17.5 Å². The zero-order valence-corrected chi connectivity index (χ0v) is 14.0. The van der Waals surface area contributed by atoms with Crippen LogP contribution >= 0.6 is 15.9 Å². The molecular formula is C16H22BrFN2O. The molecule has 1 fully saturated rings. The van der Waals surface area contributed by atoms with Crippen molar-refractivity contribution in [3.63, 3.8) is 0 Å². The monoisotopic (exact) mass is 356 g/mol. The predicted molar refractivity (Wildman–Crippen MR) is 85.9 cm³/mol. The molecule has 0 aliphatic carbocycles. The minimum atomic E-state index is -0.476. The second-order valence-electron chi connectivity index (χ2n) is 5.57. The summed E-state index contributed by atoms with van der Waals surface area (Å²) in [5.74, 6) is -0.795. The minimum absolute atomic E-state index is 0.109. The third-order valence-electron chi connectivity index (χ3n) is 3.92. The molecule has 1 saturated heterocycles. The average molecular weight is 357 g/mol. The molecular weight excluding hydrogens is 335 g/mol. The highest BCUT2D eigenvalue weighted by Gasteiger charge is 2.22. The first-order valence-electron chi connectivity index (χ1n) is 7.58. The fraction of sp³-hybridized carbons (Fsp3) is 0.562. The van der Waals surface area contributed by atoms with Crippen molar-refractivity contribution >= 4 is 21.8 Å². The number of benzene rings is 1. The highest BCUT2D eigenvalue weighted by atomic mass is 79.9. The minimum Gasteiger partial charge on any atom is -0.349 e. The van der Waals surface area contributed by atoms with Gasteiger partial charge in [-0.15, -0.1) is 0 Å². The second kappa shape index (κ2) is 7.90. The van der Waals surface area contributed by atoms with Gasteiger partial charge in [-0.2, -0.15) is 0 Å². The Morgan fingerprint density at radius 1 is 1.43 bits per heavy atom. The lowest BCUT2D eigenvalue weighted by Crippen LogP contribution is -2.45. The summed E-state index contributed by atoms with van der Waals surface area (Å²) in [4.78, 5) is 14.6. The lowest BCUT2D eigenvalue weighted by Gasteiger charge is -2.32. The number of amides is 1. The Morgan fingerprint density at radius 2 is 2.14 bits per heavy atom. The van der Waals surface area contributed by atoms with Crippen LogP contribution in [0.1, 0.15) is 43.0 Å². The first-order chi connectivity index (χ1) is 10.1. The van der Waals surface area contributed by atoms with Gasteiger partial charge in [0.25, 0.3) is 5.91 Å². The maximum atomic E-state index is 13.7. The number of halogens is 2. The molecule has 5 heteroatoms. The summed E-state index contributed by atoms with van der Waals surface area (Å²) < 4.78 is 14.4. The molecule has 0 atom stereocenters. The fourth-order valence-electron chi connectivity index (χ4n) is 2.62. The molecule has 1 amide bonds. The molecule has 0 bridgehead atoms. The van der Waals surface area contributed by atoms with Gasteiger partial charge < -0.3 is 10.2 Å². The van der Waals surface area contributed by atoms with Gasteiger partial charge in [0.1, 0.15) is 5.82 Å². The number of unbranched alkanes of at least 4 members (excludes halogenated alkanes) is 1. The van der Waals surface area contributed by atoms with Gasteiger partial charge in [0.05, 0.1) is 5.56 Å². The van der Waals surface area contributed by atoms with E-state index in [0.29, 0.717) is 4.47 Å². The standard InChI is InChI=1S/C16H22BrFN2O/c1-2-3-8-20-9-6-13(7-10-20)19-16(21)14-11-12(17)4-5-15(14)18/h4-5,11,13H,2-3,6-10H2,1H3,(H,19,21). The number of piperidine rings is 1. The summed E-state index contributed by atoms with van der Waals surface area (Å²) in [5.41, 5.74) is 0.109. The number of likely N-dealkylation sites (tertiary alicyclic amines) is 1. The molecule has 21 heavy (non-hydrogen) atoms. The molecule has 0 aromatic heterocycles. The van der Waals surface area contributed by atoms with Gasteiger partial charge in [-0.05, 0) is 44.0 Å². The SMILES string of the molecule is CCCCN1CCC(NC(=O)c2cc(Br)ccc2F)CC1. The van der Waals surface area contributed by atoms with Crippen molar-refractivity contribution in [2.45, 2.75) is 38.6 Å². The van der Waals surface area contributed by atoms with E-state index in [1.165, 1.54) is 25.0 Å². The maximum absolute atomic E-state index is 13.7. The number of rotatable bonds is 5. The molecule has 1 aliphatic heterocycles. The lowest BCUT2D eigenvalue weighted by atomic mass is 10.0. The van der Waals surface area contributed by atoms with Crippen LogP contribution < -0.4 is 5.32 Å². The van der Waals surface area contributed by atoms with Gasteiger partial charge in [-0.1, -0.05) is 29.3 Å². The molecule has 0 radical (unpaired) electrons. The molecule has 116 valence electrons. The number of carbonyl (C=O) groups is 1. The van der Waals surface area contributed by atoms with Gasteiger partial charge in [-0.25, -0.2) is 4.39 Å². The van der Waals surface area contributed by atoms with E-state index in [1.807, 2.05) is 0 Å². The first kappa shape index (κ1) is 16.4. The van der Waals surface area contributed by atoms with Crippen LogP contribution in [-0.4, -0.2) is 36.5 Å². The predicted octanol–water partition coefficient (Wildman–Crippen LogP) is 3.58. The van der Waals surface area contributed by atoms with Crippen LogP contribution in [0.4, 0.5) is 4.39 Å². The second-order valence-corrected chi connectivity index (χ2v) is 6.48. The van der Waals surface area contributed by atoms with Crippen LogP contribution in [0.5, 0.6) is 0 Å². The number of nitrogens with zero attached hydrogens (tertiary/aromatic N) is 1. The summed E-state index contributed by atoms with van der Waals surface area (Å²) in [7, 11) is 0. The molecule has 0 spiro atoms. The number of nitrogens with one attached hydrogen (secondary N) is 1. The third-order valence-corrected chi connectivity index (χ3v) is 4.42. The third kappa shape index (κ3) is 4.78. The Balaban J connectivity index is 1.85. The zero-order valence-electron chi connectivity index (χ0n) is 12.4. The quantitative estimate of drug-likeness (QED) is 0.874. The van der Waals surface area contributed by atoms with Crippen LogP contribution in [0.25, 0.3) is 0 Å². The van der Waals surface area contributed by atoms with Crippen LogP contribution in [0.15, 0.2) is 22.7 Å². The van der Waals surface area contributed by atoms with Gasteiger partial charge in [0.15, 0.2) is 0 Å². The van der Waals surface area contributed by atoms with E-state index >= 15 is 0 Å². The summed E-state index contributed by atoms with van der Waals surface area (Å²) in [5, 5.41) is 2.95. The summed E-state index contributed by atoms with van der Waals surface area (Å²) >= 11 is 3.27. The number of hydrogen-bond acceptors (Lipinski definition) is 2. The fourth-order valence-corrected chi connectivity index (χ4v) is 2.98. The van der Waals surface area contributed by atoms with E-state index in [0.717, 1.165) is 32.5 Å². The van der Waals surface area contributed by atoms with Crippen molar-refractivity contribution in [3.05, 3.63) is 34.1 Å². The van der Waals surface area contributed by atoms with E-state index in [4.69, 9.17) is 0 Å². The van der Waals surface area contributed by atoms with E-state index in [9.17, 15) is 9.18 Å². The van der Waals surface area contributed by atoms with Crippen molar-refractivity contribution in [1.82, 2.24) is 10.2 Å². The Labute approximate surface area is 134 Å². The zero-order chi connectivity index (χ0) is 15.2. The van der Waals surface area contributed by atoms with Gasteiger partial charge in [0, 0.05) is 23.6 Å². The Hall–Kier alpha value is -0.940. The van der Waals surface area contributed by atoms with Gasteiger partial charge in [0.2, 0.25) is 0 Å². The van der Waals surface area contributed by atoms with E-state index in [1.54, 1.807) is 6.07 Å². The van der Waals surface area contributed by atoms with Crippen LogP contribution in [0.2, 0.25) is 0 Å². The Morgan fingerprint density at radius 3 is 2.81 bits per heavy atom. The van der Waals surface area contributed by atoms with Crippen molar-refractivity contribution in [2.75, 3.05) is 19.6 Å². The molecule has 1 aromatic rings. The van der Waals surface area contributed by atoms with E-state index in [2.05, 4.69) is 33.1 Å². The summed E-state index contributed by atoms with van der Waals surface area (Å²) in [6.07, 6.45) is 4.30. The van der Waals surface area contributed by atoms with Crippen molar-refractivity contribution in [3.8, 4) is 0 Å². The largest absolute Gasteiger partial charge is 0.349 e. The highest BCUT2D eigenvalue weighted by Crippen LogP contribution is 2.17. The molecule has 1 heterocycles. The average Bonchev–Trinajstić information content (AvgIpc) is 2.49. The Bertz CT molecular complexity index is 487. The number of carbonyl (C=O) groups excluding carboxylic acids is 1.